The van der Waals surface area contributed by atoms with Gasteiger partial charge in [0.2, 0.25) is 5.91 Å². The van der Waals surface area contributed by atoms with Gasteiger partial charge < -0.3 is 11.1 Å². The Bertz CT molecular complexity index is 745. The number of anilines is 1. The Labute approximate surface area is 153 Å². The highest BCUT2D eigenvalue weighted by molar-refractivity contribution is 7.09. The zero-order valence-electron chi connectivity index (χ0n) is 14.9. The van der Waals surface area contributed by atoms with E-state index in [0.717, 1.165) is 54.6 Å². The lowest BCUT2D eigenvalue weighted by Gasteiger charge is -2.22. The summed E-state index contributed by atoms with van der Waals surface area (Å²) in [5, 5.41) is 5.89. The number of amides is 1. The number of carbonyl (C=O) groups is 1. The second-order valence-electron chi connectivity index (χ2n) is 7.25. The van der Waals surface area contributed by atoms with Gasteiger partial charge in [-0.1, -0.05) is 25.1 Å². The Balaban J connectivity index is 1.53. The van der Waals surface area contributed by atoms with Crippen molar-refractivity contribution >= 4 is 22.9 Å². The summed E-state index contributed by atoms with van der Waals surface area (Å²) < 4.78 is 0. The molecule has 0 saturated carbocycles. The molecule has 1 aromatic carbocycles. The predicted molar refractivity (Wildman–Crippen MR) is 103 cm³/mol. The standard InChI is InChI=1S/C19H26N4OS/c1-14-5-3-4-6-16(14)22-17(24)9-18-21-15(11-25-18)10-23-8-7-19(2,12-20)13-23/h3-6,11H,7-10,12-13,20H2,1-2H3,(H,22,24). The van der Waals surface area contributed by atoms with E-state index in [0.29, 0.717) is 6.42 Å². The smallest absolute Gasteiger partial charge is 0.231 e. The molecule has 134 valence electrons. The first kappa shape index (κ1) is 18.0. The largest absolute Gasteiger partial charge is 0.330 e. The van der Waals surface area contributed by atoms with Gasteiger partial charge >= 0.3 is 0 Å². The molecule has 3 N–H and O–H groups in total. The Morgan fingerprint density at radius 1 is 1.44 bits per heavy atom. The SMILES string of the molecule is Cc1ccccc1NC(=O)Cc1nc(CN2CCC(C)(CN)C2)cs1. The van der Waals surface area contributed by atoms with Gasteiger partial charge in [0.25, 0.3) is 0 Å². The number of hydrogen-bond donors (Lipinski definition) is 2. The number of hydrogen-bond acceptors (Lipinski definition) is 5. The third-order valence-corrected chi connectivity index (χ3v) is 5.74. The summed E-state index contributed by atoms with van der Waals surface area (Å²) in [5.41, 5.74) is 9.07. The number of para-hydroxylation sites is 1. The van der Waals surface area contributed by atoms with E-state index in [9.17, 15) is 4.79 Å². The number of benzene rings is 1. The number of carbonyl (C=O) groups excluding carboxylic acids is 1. The van der Waals surface area contributed by atoms with Crippen molar-refractivity contribution in [2.24, 2.45) is 11.1 Å². The Kier molecular flexibility index (Phi) is 5.51. The van der Waals surface area contributed by atoms with Crippen molar-refractivity contribution in [1.82, 2.24) is 9.88 Å². The molecule has 1 aliphatic heterocycles. The van der Waals surface area contributed by atoms with Crippen LogP contribution in [-0.4, -0.2) is 35.4 Å². The molecule has 0 radical (unpaired) electrons. The lowest BCUT2D eigenvalue weighted by molar-refractivity contribution is -0.115. The molecule has 2 aromatic rings. The van der Waals surface area contributed by atoms with Crippen molar-refractivity contribution < 1.29 is 4.79 Å². The summed E-state index contributed by atoms with van der Waals surface area (Å²) in [6, 6.07) is 7.80. The molecule has 1 aromatic heterocycles. The second kappa shape index (κ2) is 7.64. The first-order chi connectivity index (χ1) is 12.0. The van der Waals surface area contributed by atoms with Crippen molar-refractivity contribution in [3.8, 4) is 0 Å². The highest BCUT2D eigenvalue weighted by Gasteiger charge is 2.32. The molecule has 1 saturated heterocycles. The number of aromatic nitrogens is 1. The molecule has 3 rings (SSSR count). The fraction of sp³-hybridized carbons (Fsp3) is 0.474. The van der Waals surface area contributed by atoms with Crippen LogP contribution < -0.4 is 11.1 Å². The van der Waals surface area contributed by atoms with Crippen LogP contribution >= 0.6 is 11.3 Å². The van der Waals surface area contributed by atoms with E-state index >= 15 is 0 Å². The van der Waals surface area contributed by atoms with Crippen LogP contribution in [0.5, 0.6) is 0 Å². The number of nitrogens with one attached hydrogen (secondary N) is 1. The fourth-order valence-corrected chi connectivity index (χ4v) is 3.99. The minimum absolute atomic E-state index is 0.0212. The molecule has 6 heteroatoms. The molecule has 1 atom stereocenters. The molecule has 1 aliphatic rings. The summed E-state index contributed by atoms with van der Waals surface area (Å²) in [6.07, 6.45) is 1.46. The molecule has 1 unspecified atom stereocenters. The van der Waals surface area contributed by atoms with Gasteiger partial charge in [-0.15, -0.1) is 11.3 Å². The highest BCUT2D eigenvalue weighted by Crippen LogP contribution is 2.29. The van der Waals surface area contributed by atoms with Crippen LogP contribution in [0.1, 0.15) is 29.6 Å². The number of likely N-dealkylation sites (tertiary alicyclic amines) is 1. The van der Waals surface area contributed by atoms with Gasteiger partial charge in [0, 0.05) is 24.2 Å². The molecule has 0 spiro atoms. The summed E-state index contributed by atoms with van der Waals surface area (Å²) >= 11 is 1.56. The molecule has 25 heavy (non-hydrogen) atoms. The Morgan fingerprint density at radius 3 is 2.96 bits per heavy atom. The van der Waals surface area contributed by atoms with Crippen LogP contribution in [0.25, 0.3) is 0 Å². The average Bonchev–Trinajstić information content (AvgIpc) is 3.17. The van der Waals surface area contributed by atoms with Crippen LogP contribution in [0.2, 0.25) is 0 Å². The summed E-state index contributed by atoms with van der Waals surface area (Å²) in [5.74, 6) is -0.0212. The van der Waals surface area contributed by atoms with Gasteiger partial charge in [-0.05, 0) is 43.5 Å². The maximum absolute atomic E-state index is 12.2. The lowest BCUT2D eigenvalue weighted by atomic mass is 9.90. The van der Waals surface area contributed by atoms with Gasteiger partial charge in [-0.3, -0.25) is 9.69 Å². The van der Waals surface area contributed by atoms with E-state index in [1.54, 1.807) is 11.3 Å². The summed E-state index contributed by atoms with van der Waals surface area (Å²) in [7, 11) is 0. The molecule has 1 amide bonds. The van der Waals surface area contributed by atoms with Gasteiger partial charge in [0.1, 0.15) is 5.01 Å². The third-order valence-electron chi connectivity index (χ3n) is 4.85. The topological polar surface area (TPSA) is 71.2 Å². The molecule has 2 heterocycles. The van der Waals surface area contributed by atoms with Gasteiger partial charge in [-0.2, -0.15) is 0 Å². The zero-order valence-corrected chi connectivity index (χ0v) is 15.7. The van der Waals surface area contributed by atoms with Crippen molar-refractivity contribution in [2.75, 3.05) is 25.0 Å². The molecule has 5 nitrogen and oxygen atoms in total. The second-order valence-corrected chi connectivity index (χ2v) is 8.19. The maximum Gasteiger partial charge on any atom is 0.231 e. The van der Waals surface area contributed by atoms with Crippen molar-refractivity contribution in [3.05, 3.63) is 45.9 Å². The molecule has 0 aliphatic carbocycles. The molecular formula is C19H26N4OS. The zero-order chi connectivity index (χ0) is 17.9. The van der Waals surface area contributed by atoms with Crippen LogP contribution in [0.15, 0.2) is 29.6 Å². The first-order valence-electron chi connectivity index (χ1n) is 8.69. The predicted octanol–water partition coefficient (Wildman–Crippen LogP) is 2.80. The number of aryl methyl sites for hydroxylation is 1. The number of nitrogens with two attached hydrogens (primary N) is 1. The normalized spacial score (nSPS) is 20.8. The molecule has 0 bridgehead atoms. The van der Waals surface area contributed by atoms with Crippen LogP contribution in [0.3, 0.4) is 0 Å². The number of thiazole rings is 1. The van der Waals surface area contributed by atoms with E-state index in [4.69, 9.17) is 5.73 Å². The minimum atomic E-state index is -0.0212. The number of nitrogens with zero attached hydrogens (tertiary/aromatic N) is 2. The monoisotopic (exact) mass is 358 g/mol. The van der Waals surface area contributed by atoms with E-state index < -0.39 is 0 Å². The highest BCUT2D eigenvalue weighted by atomic mass is 32.1. The summed E-state index contributed by atoms with van der Waals surface area (Å²) in [6.45, 7) is 7.88. The van der Waals surface area contributed by atoms with Crippen LogP contribution in [0, 0.1) is 12.3 Å². The van der Waals surface area contributed by atoms with E-state index in [2.05, 4.69) is 27.5 Å². The van der Waals surface area contributed by atoms with Gasteiger partial charge in [0.15, 0.2) is 0 Å². The fourth-order valence-electron chi connectivity index (χ4n) is 3.20. The molecule has 1 fully saturated rings. The molecular weight excluding hydrogens is 332 g/mol. The van der Waals surface area contributed by atoms with E-state index in [1.807, 2.05) is 31.2 Å². The number of rotatable bonds is 6. The lowest BCUT2D eigenvalue weighted by Crippen LogP contribution is -2.31. The quantitative estimate of drug-likeness (QED) is 0.833. The first-order valence-corrected chi connectivity index (χ1v) is 9.57. The van der Waals surface area contributed by atoms with Crippen molar-refractivity contribution in [3.63, 3.8) is 0 Å². The maximum atomic E-state index is 12.2. The van der Waals surface area contributed by atoms with Crippen molar-refractivity contribution in [2.45, 2.75) is 33.2 Å². The minimum Gasteiger partial charge on any atom is -0.330 e. The van der Waals surface area contributed by atoms with Crippen molar-refractivity contribution in [1.29, 1.82) is 0 Å². The average molecular weight is 359 g/mol. The van der Waals surface area contributed by atoms with Gasteiger partial charge in [-0.25, -0.2) is 4.98 Å². The third kappa shape index (κ3) is 4.66. The summed E-state index contributed by atoms with van der Waals surface area (Å²) in [4.78, 5) is 19.3. The van der Waals surface area contributed by atoms with E-state index in [-0.39, 0.29) is 11.3 Å². The Hall–Kier alpha value is -1.76. The van der Waals surface area contributed by atoms with Gasteiger partial charge in [0.05, 0.1) is 12.1 Å². The van der Waals surface area contributed by atoms with Crippen LogP contribution in [0.4, 0.5) is 5.69 Å². The Morgan fingerprint density at radius 2 is 2.24 bits per heavy atom. The van der Waals surface area contributed by atoms with E-state index in [1.165, 1.54) is 0 Å². The van der Waals surface area contributed by atoms with Crippen LogP contribution in [-0.2, 0) is 17.8 Å².